The molecule has 1 fully saturated rings. The minimum Gasteiger partial charge on any atom is -0.395 e. The standard InChI is InChI=1S/C28H28F3NO5/c1-15-26(2,3)24-9-17-8-16(20(29)12-21(17)32(24)13-19(14-33)35-15)10-25(34)27(6-7-27)18-4-5-22-23(11-18)37-28(30,31)36-22/h4-5,8-9,11-12,15,19,33H,6-7,10,13-14H2,1-3H3/t15?,19-/m1/s1. The zero-order valence-corrected chi connectivity index (χ0v) is 20.8. The summed E-state index contributed by atoms with van der Waals surface area (Å²) in [6.07, 6.45) is -3.31. The zero-order valence-electron chi connectivity index (χ0n) is 20.8. The minimum absolute atomic E-state index is 0.0759. The molecule has 0 radical (unpaired) electrons. The highest BCUT2D eigenvalue weighted by Crippen LogP contribution is 2.53. The van der Waals surface area contributed by atoms with Crippen molar-refractivity contribution in [1.82, 2.24) is 4.57 Å². The van der Waals surface area contributed by atoms with Crippen LogP contribution in [0.25, 0.3) is 10.9 Å². The summed E-state index contributed by atoms with van der Waals surface area (Å²) in [6, 6.07) is 9.58. The molecule has 2 aromatic carbocycles. The molecule has 1 N–H and O–H groups in total. The number of alkyl halides is 2. The van der Waals surface area contributed by atoms with Crippen molar-refractivity contribution in [3.8, 4) is 11.5 Å². The van der Waals surface area contributed by atoms with E-state index in [1.807, 2.05) is 17.6 Å². The number of ketones is 1. The molecule has 6 nitrogen and oxygen atoms in total. The van der Waals surface area contributed by atoms with Crippen molar-refractivity contribution in [2.75, 3.05) is 6.61 Å². The monoisotopic (exact) mass is 515 g/mol. The lowest BCUT2D eigenvalue weighted by Gasteiger charge is -2.30. The van der Waals surface area contributed by atoms with Gasteiger partial charge in [0.25, 0.3) is 0 Å². The number of hydrogen-bond acceptors (Lipinski definition) is 5. The van der Waals surface area contributed by atoms with E-state index in [9.17, 15) is 18.7 Å². The molecule has 6 rings (SSSR count). The van der Waals surface area contributed by atoms with Crippen molar-refractivity contribution in [3.63, 3.8) is 0 Å². The molecular weight excluding hydrogens is 487 g/mol. The number of fused-ring (bicyclic) bond motifs is 4. The molecule has 1 aromatic heterocycles. The van der Waals surface area contributed by atoms with Crippen LogP contribution in [0.4, 0.5) is 13.2 Å². The van der Waals surface area contributed by atoms with Gasteiger partial charge >= 0.3 is 6.29 Å². The highest BCUT2D eigenvalue weighted by Gasteiger charge is 2.52. The summed E-state index contributed by atoms with van der Waals surface area (Å²) >= 11 is 0. The SMILES string of the molecule is CC1O[C@@H](CO)Cn2c(cc3cc(CC(=O)C4(c5ccc6c(c5)OC(F)(F)O6)CC4)c(F)cc32)C1(C)C. The zero-order chi connectivity index (χ0) is 26.3. The minimum atomic E-state index is -3.73. The number of hydrogen-bond donors (Lipinski definition) is 1. The van der Waals surface area contributed by atoms with E-state index in [1.165, 1.54) is 18.2 Å². The van der Waals surface area contributed by atoms with E-state index >= 15 is 4.39 Å². The average molecular weight is 516 g/mol. The van der Waals surface area contributed by atoms with Crippen LogP contribution in [-0.2, 0) is 33.3 Å². The molecule has 0 saturated heterocycles. The number of carbonyl (C=O) groups is 1. The predicted octanol–water partition coefficient (Wildman–Crippen LogP) is 5.00. The maximum absolute atomic E-state index is 15.4. The third-order valence-corrected chi connectivity index (χ3v) is 8.32. The quantitative estimate of drug-likeness (QED) is 0.518. The van der Waals surface area contributed by atoms with E-state index in [4.69, 9.17) is 4.74 Å². The van der Waals surface area contributed by atoms with Gasteiger partial charge in [0.15, 0.2) is 11.5 Å². The highest BCUT2D eigenvalue weighted by atomic mass is 19.3. The van der Waals surface area contributed by atoms with Gasteiger partial charge in [-0.1, -0.05) is 19.9 Å². The lowest BCUT2D eigenvalue weighted by atomic mass is 9.83. The van der Waals surface area contributed by atoms with E-state index in [0.717, 1.165) is 11.1 Å². The Hall–Kier alpha value is -3.04. The largest absolute Gasteiger partial charge is 0.586 e. The molecule has 1 unspecified atom stereocenters. The summed E-state index contributed by atoms with van der Waals surface area (Å²) < 4.78 is 59.3. The first-order chi connectivity index (χ1) is 17.4. The molecule has 0 amide bonds. The van der Waals surface area contributed by atoms with Crippen LogP contribution in [0.1, 0.15) is 50.4 Å². The van der Waals surface area contributed by atoms with Gasteiger partial charge in [-0.2, -0.15) is 0 Å². The topological polar surface area (TPSA) is 69.9 Å². The summed E-state index contributed by atoms with van der Waals surface area (Å²) in [6.45, 7) is 6.33. The summed E-state index contributed by atoms with van der Waals surface area (Å²) in [4.78, 5) is 13.4. The lowest BCUT2D eigenvalue weighted by Crippen LogP contribution is -2.35. The second-order valence-corrected chi connectivity index (χ2v) is 11.0. The van der Waals surface area contributed by atoms with Gasteiger partial charge in [-0.25, -0.2) is 4.39 Å². The molecule has 3 heterocycles. The molecular formula is C28H28F3NO5. The first-order valence-electron chi connectivity index (χ1n) is 12.5. The second kappa shape index (κ2) is 7.98. The summed E-state index contributed by atoms with van der Waals surface area (Å²) in [5, 5.41) is 10.6. The lowest BCUT2D eigenvalue weighted by molar-refractivity contribution is -0.286. The van der Waals surface area contributed by atoms with Crippen molar-refractivity contribution >= 4 is 16.7 Å². The summed E-state index contributed by atoms with van der Waals surface area (Å²) in [7, 11) is 0. The van der Waals surface area contributed by atoms with Crippen LogP contribution in [0, 0.1) is 5.82 Å². The van der Waals surface area contributed by atoms with E-state index < -0.39 is 23.6 Å². The normalized spacial score (nSPS) is 24.5. The Morgan fingerprint density at radius 2 is 1.84 bits per heavy atom. The fourth-order valence-corrected chi connectivity index (χ4v) is 5.65. The molecule has 1 aliphatic carbocycles. The Kier molecular flexibility index (Phi) is 5.24. The van der Waals surface area contributed by atoms with Crippen molar-refractivity contribution in [2.45, 2.75) is 75.9 Å². The number of rotatable bonds is 5. The van der Waals surface area contributed by atoms with E-state index in [-0.39, 0.29) is 47.4 Å². The predicted molar refractivity (Wildman–Crippen MR) is 129 cm³/mol. The van der Waals surface area contributed by atoms with Crippen molar-refractivity contribution in [2.24, 2.45) is 0 Å². The number of halogens is 3. The van der Waals surface area contributed by atoms with Crippen molar-refractivity contribution < 1.29 is 37.3 Å². The van der Waals surface area contributed by atoms with Crippen molar-refractivity contribution in [1.29, 1.82) is 0 Å². The van der Waals surface area contributed by atoms with Gasteiger partial charge in [0.2, 0.25) is 0 Å². The fraction of sp³-hybridized carbons (Fsp3) is 0.464. The average Bonchev–Trinajstić information content (AvgIpc) is 3.50. The van der Waals surface area contributed by atoms with Crippen LogP contribution in [0.15, 0.2) is 36.4 Å². The Balaban J connectivity index is 1.32. The molecule has 2 aliphatic heterocycles. The van der Waals surface area contributed by atoms with Crippen LogP contribution in [0.5, 0.6) is 11.5 Å². The maximum Gasteiger partial charge on any atom is 0.586 e. The van der Waals surface area contributed by atoms with Gasteiger partial charge in [-0.3, -0.25) is 4.79 Å². The number of ether oxygens (including phenoxy) is 3. The number of aromatic nitrogens is 1. The number of nitrogens with zero attached hydrogens (tertiary/aromatic N) is 1. The molecule has 196 valence electrons. The summed E-state index contributed by atoms with van der Waals surface area (Å²) in [5.74, 6) is -0.834. The third kappa shape index (κ3) is 3.82. The molecule has 2 atom stereocenters. The van der Waals surface area contributed by atoms with Crippen LogP contribution in [-0.4, -0.2) is 40.6 Å². The Labute approximate surface area is 211 Å². The molecule has 37 heavy (non-hydrogen) atoms. The maximum atomic E-state index is 15.4. The van der Waals surface area contributed by atoms with E-state index in [2.05, 4.69) is 23.3 Å². The van der Waals surface area contributed by atoms with Gasteiger partial charge in [-0.15, -0.1) is 8.78 Å². The van der Waals surface area contributed by atoms with Crippen LogP contribution in [0.2, 0.25) is 0 Å². The third-order valence-electron chi connectivity index (χ3n) is 8.32. The van der Waals surface area contributed by atoms with Gasteiger partial charge in [0, 0.05) is 22.9 Å². The van der Waals surface area contributed by atoms with Gasteiger partial charge in [0.1, 0.15) is 11.6 Å². The van der Waals surface area contributed by atoms with Crippen molar-refractivity contribution in [3.05, 3.63) is 59.0 Å². The van der Waals surface area contributed by atoms with Crippen LogP contribution in [0.3, 0.4) is 0 Å². The summed E-state index contributed by atoms with van der Waals surface area (Å²) in [5.41, 5.74) is 1.29. The Bertz CT molecular complexity index is 1420. The van der Waals surface area contributed by atoms with Gasteiger partial charge < -0.3 is 23.9 Å². The molecule has 3 aromatic rings. The fourth-order valence-electron chi connectivity index (χ4n) is 5.65. The molecule has 0 bridgehead atoms. The van der Waals surface area contributed by atoms with Crippen LogP contribution < -0.4 is 9.47 Å². The molecule has 9 heteroatoms. The number of benzene rings is 2. The first kappa shape index (κ1) is 24.3. The van der Waals surface area contributed by atoms with Gasteiger partial charge in [-0.05, 0) is 61.2 Å². The van der Waals surface area contributed by atoms with Crippen LogP contribution >= 0.6 is 0 Å². The molecule has 0 spiro atoms. The second-order valence-electron chi connectivity index (χ2n) is 11.0. The van der Waals surface area contributed by atoms with Gasteiger partial charge in [0.05, 0.1) is 36.3 Å². The first-order valence-corrected chi connectivity index (χ1v) is 12.5. The Morgan fingerprint density at radius 3 is 2.54 bits per heavy atom. The number of carbonyl (C=O) groups excluding carboxylic acids is 1. The number of aliphatic hydroxyl groups excluding tert-OH is 1. The van der Waals surface area contributed by atoms with E-state index in [1.54, 1.807) is 12.1 Å². The number of aliphatic hydroxyl groups is 1. The van der Waals surface area contributed by atoms with E-state index in [0.29, 0.717) is 30.5 Å². The Morgan fingerprint density at radius 1 is 1.11 bits per heavy atom. The smallest absolute Gasteiger partial charge is 0.395 e. The molecule has 1 saturated carbocycles. The number of Topliss-reactive ketones (excluding diaryl/α,β-unsaturated/α-hetero) is 1. The molecule has 3 aliphatic rings. The highest BCUT2D eigenvalue weighted by molar-refractivity contribution is 5.95.